The minimum atomic E-state index is -1.44. The Balaban J connectivity index is 2.32. The van der Waals surface area contributed by atoms with Crippen LogP contribution in [0.5, 0.6) is 0 Å². The Morgan fingerprint density at radius 1 is 1.42 bits per heavy atom. The fraction of sp³-hybridized carbons (Fsp3) is 0.556. The standard InChI is InChI=1S/C18H22N2O5S/c1-5-25-16(22)10-7-6-8-11-12(10)13-14(26-11)19-9(2)20(15(13)21)18(3,4)17(23)24/h10H,5-8H2,1-4H3,(H,23,24). The highest BCUT2D eigenvalue weighted by atomic mass is 32.1. The highest BCUT2D eigenvalue weighted by Gasteiger charge is 2.37. The maximum atomic E-state index is 13.3. The van der Waals surface area contributed by atoms with Gasteiger partial charge in [0.15, 0.2) is 0 Å². The third-order valence-corrected chi connectivity index (χ3v) is 6.07. The van der Waals surface area contributed by atoms with E-state index in [0.29, 0.717) is 28.0 Å². The van der Waals surface area contributed by atoms with Crippen LogP contribution in [0.1, 0.15) is 55.8 Å². The molecule has 3 rings (SSSR count). The zero-order valence-electron chi connectivity index (χ0n) is 15.3. The van der Waals surface area contributed by atoms with Crippen molar-refractivity contribution in [3.05, 3.63) is 26.6 Å². The fourth-order valence-corrected chi connectivity index (χ4v) is 4.93. The molecule has 0 saturated carbocycles. The molecule has 1 aliphatic carbocycles. The van der Waals surface area contributed by atoms with Crippen molar-refractivity contribution in [1.82, 2.24) is 9.55 Å². The largest absolute Gasteiger partial charge is 0.480 e. The molecule has 2 aromatic rings. The number of hydrogen-bond acceptors (Lipinski definition) is 6. The third kappa shape index (κ3) is 2.72. The molecule has 1 unspecified atom stereocenters. The van der Waals surface area contributed by atoms with E-state index in [4.69, 9.17) is 4.74 Å². The van der Waals surface area contributed by atoms with Gasteiger partial charge in [-0.25, -0.2) is 9.78 Å². The summed E-state index contributed by atoms with van der Waals surface area (Å²) in [4.78, 5) is 43.4. The van der Waals surface area contributed by atoms with Crippen LogP contribution in [0.25, 0.3) is 10.2 Å². The van der Waals surface area contributed by atoms with Crippen molar-refractivity contribution in [3.63, 3.8) is 0 Å². The third-order valence-electron chi connectivity index (χ3n) is 4.91. The molecule has 8 heteroatoms. The summed E-state index contributed by atoms with van der Waals surface area (Å²) in [7, 11) is 0. The number of carbonyl (C=O) groups is 2. The highest BCUT2D eigenvalue weighted by molar-refractivity contribution is 7.18. The lowest BCUT2D eigenvalue weighted by Crippen LogP contribution is -2.44. The Kier molecular flexibility index (Phi) is 4.64. The van der Waals surface area contributed by atoms with Gasteiger partial charge in [0.2, 0.25) is 0 Å². The van der Waals surface area contributed by atoms with Crippen molar-refractivity contribution in [2.75, 3.05) is 6.61 Å². The number of fused-ring (bicyclic) bond motifs is 3. The quantitative estimate of drug-likeness (QED) is 0.821. The number of esters is 1. The minimum absolute atomic E-state index is 0.278. The number of nitrogens with zero attached hydrogens (tertiary/aromatic N) is 2. The lowest BCUT2D eigenvalue weighted by molar-refractivity contribution is -0.146. The number of aromatic nitrogens is 2. The molecule has 2 heterocycles. The molecule has 140 valence electrons. The van der Waals surface area contributed by atoms with Crippen molar-refractivity contribution >= 4 is 33.5 Å². The first-order chi connectivity index (χ1) is 12.2. The van der Waals surface area contributed by atoms with Crippen LogP contribution in [0.3, 0.4) is 0 Å². The summed E-state index contributed by atoms with van der Waals surface area (Å²) < 4.78 is 6.41. The molecule has 7 nitrogen and oxygen atoms in total. The Morgan fingerprint density at radius 2 is 2.12 bits per heavy atom. The predicted octanol–water partition coefficient (Wildman–Crippen LogP) is 2.57. The van der Waals surface area contributed by atoms with Crippen LogP contribution in [-0.2, 0) is 26.3 Å². The summed E-state index contributed by atoms with van der Waals surface area (Å²) in [6.07, 6.45) is 2.25. The smallest absolute Gasteiger partial charge is 0.329 e. The molecule has 0 aromatic carbocycles. The van der Waals surface area contributed by atoms with Crippen LogP contribution < -0.4 is 5.56 Å². The molecule has 1 atom stereocenters. The second kappa shape index (κ2) is 6.50. The van der Waals surface area contributed by atoms with E-state index >= 15 is 0 Å². The van der Waals surface area contributed by atoms with E-state index in [9.17, 15) is 19.5 Å². The monoisotopic (exact) mass is 378 g/mol. The van der Waals surface area contributed by atoms with Gasteiger partial charge >= 0.3 is 11.9 Å². The van der Waals surface area contributed by atoms with E-state index in [1.165, 1.54) is 29.8 Å². The molecule has 0 radical (unpaired) electrons. The number of rotatable bonds is 4. The second-order valence-electron chi connectivity index (χ2n) is 6.98. The van der Waals surface area contributed by atoms with Gasteiger partial charge in [0.25, 0.3) is 5.56 Å². The first kappa shape index (κ1) is 18.6. The lowest BCUT2D eigenvalue weighted by Gasteiger charge is -2.25. The first-order valence-electron chi connectivity index (χ1n) is 8.65. The molecule has 2 aromatic heterocycles. The highest BCUT2D eigenvalue weighted by Crippen LogP contribution is 2.41. The van der Waals surface area contributed by atoms with E-state index in [0.717, 1.165) is 17.7 Å². The van der Waals surface area contributed by atoms with Gasteiger partial charge in [-0.15, -0.1) is 11.3 Å². The second-order valence-corrected chi connectivity index (χ2v) is 8.06. The van der Waals surface area contributed by atoms with E-state index < -0.39 is 23.0 Å². The molecule has 1 aliphatic rings. The molecule has 0 spiro atoms. The van der Waals surface area contributed by atoms with Crippen molar-refractivity contribution in [2.45, 2.75) is 58.4 Å². The van der Waals surface area contributed by atoms with E-state index in [1.807, 2.05) is 0 Å². The molecule has 0 fully saturated rings. The Hall–Kier alpha value is -2.22. The van der Waals surface area contributed by atoms with E-state index in [2.05, 4.69) is 4.98 Å². The number of carboxylic acids is 1. The topological polar surface area (TPSA) is 98.5 Å². The van der Waals surface area contributed by atoms with Gasteiger partial charge in [-0.2, -0.15) is 0 Å². The van der Waals surface area contributed by atoms with Crippen molar-refractivity contribution < 1.29 is 19.4 Å². The Bertz CT molecular complexity index is 957. The molecule has 0 saturated heterocycles. The summed E-state index contributed by atoms with van der Waals surface area (Å²) in [5.41, 5.74) is -1.17. The number of carboxylic acid groups (broad SMARTS) is 1. The van der Waals surface area contributed by atoms with Gasteiger partial charge in [-0.1, -0.05) is 0 Å². The van der Waals surface area contributed by atoms with Gasteiger partial charge in [0.05, 0.1) is 17.9 Å². The Labute approximate surface area is 154 Å². The van der Waals surface area contributed by atoms with Gasteiger partial charge in [-0.3, -0.25) is 14.2 Å². The van der Waals surface area contributed by atoms with Gasteiger partial charge in [0, 0.05) is 4.88 Å². The summed E-state index contributed by atoms with van der Waals surface area (Å²) in [6.45, 7) is 6.60. The van der Waals surface area contributed by atoms with Gasteiger partial charge in [0.1, 0.15) is 16.2 Å². The molecule has 1 N–H and O–H groups in total. The van der Waals surface area contributed by atoms with Crippen molar-refractivity contribution in [3.8, 4) is 0 Å². The molecular weight excluding hydrogens is 356 g/mol. The number of hydrogen-bond donors (Lipinski definition) is 1. The number of aryl methyl sites for hydroxylation is 2. The average molecular weight is 378 g/mol. The normalized spacial score (nSPS) is 17.2. The van der Waals surface area contributed by atoms with Crippen molar-refractivity contribution in [2.24, 2.45) is 0 Å². The first-order valence-corrected chi connectivity index (χ1v) is 9.47. The summed E-state index contributed by atoms with van der Waals surface area (Å²) >= 11 is 1.42. The van der Waals surface area contributed by atoms with Crippen LogP contribution in [0.2, 0.25) is 0 Å². The summed E-state index contributed by atoms with van der Waals surface area (Å²) in [5, 5.41) is 9.92. The number of thiophene rings is 1. The minimum Gasteiger partial charge on any atom is -0.480 e. The summed E-state index contributed by atoms with van der Waals surface area (Å²) in [6, 6.07) is 0. The zero-order chi connectivity index (χ0) is 19.2. The van der Waals surface area contributed by atoms with Crippen LogP contribution in [0.4, 0.5) is 0 Å². The van der Waals surface area contributed by atoms with Crippen LogP contribution in [-0.4, -0.2) is 33.2 Å². The van der Waals surface area contributed by atoms with Crippen LogP contribution >= 0.6 is 11.3 Å². The maximum absolute atomic E-state index is 13.3. The molecule has 26 heavy (non-hydrogen) atoms. The number of carbonyl (C=O) groups excluding carboxylic acids is 1. The van der Waals surface area contributed by atoms with E-state index in [-0.39, 0.29) is 12.6 Å². The average Bonchev–Trinajstić information content (AvgIpc) is 2.92. The number of aliphatic carboxylic acids is 1. The zero-order valence-corrected chi connectivity index (χ0v) is 16.1. The van der Waals surface area contributed by atoms with Crippen LogP contribution in [0, 0.1) is 6.92 Å². The molecule has 0 bridgehead atoms. The van der Waals surface area contributed by atoms with E-state index in [1.54, 1.807) is 13.8 Å². The Morgan fingerprint density at radius 3 is 2.73 bits per heavy atom. The SMILES string of the molecule is CCOC(=O)C1CCCc2sc3nc(C)n(C(C)(C)C(=O)O)c(=O)c3c21. The predicted molar refractivity (Wildman–Crippen MR) is 97.9 cm³/mol. The van der Waals surface area contributed by atoms with Crippen LogP contribution in [0.15, 0.2) is 4.79 Å². The molecular formula is C18H22N2O5S. The molecule has 0 amide bonds. The number of ether oxygens (including phenoxy) is 1. The fourth-order valence-electron chi connectivity index (χ4n) is 3.62. The summed E-state index contributed by atoms with van der Waals surface area (Å²) in [5.74, 6) is -1.60. The van der Waals surface area contributed by atoms with Gasteiger partial charge in [-0.05, 0) is 52.5 Å². The lowest BCUT2D eigenvalue weighted by atomic mass is 9.86. The van der Waals surface area contributed by atoms with Crippen molar-refractivity contribution in [1.29, 1.82) is 0 Å². The molecule has 0 aliphatic heterocycles. The van der Waals surface area contributed by atoms with Gasteiger partial charge < -0.3 is 9.84 Å². The maximum Gasteiger partial charge on any atom is 0.329 e.